The van der Waals surface area contributed by atoms with E-state index in [1.165, 1.54) is 18.2 Å². The monoisotopic (exact) mass is 280 g/mol. The van der Waals surface area contributed by atoms with Crippen LogP contribution < -0.4 is 4.74 Å². The molecule has 2 aromatic rings. The van der Waals surface area contributed by atoms with Crippen LogP contribution in [0, 0.1) is 5.82 Å². The zero-order valence-corrected chi connectivity index (χ0v) is 11.4. The molecule has 0 spiro atoms. The minimum Gasteiger partial charge on any atom is -0.497 e. The number of ether oxygens (including phenoxy) is 1. The standard InChI is InChI=1S/C15H14ClFO2/c1-15(18,10-3-6-12(19-2)7-4-10)13-9-11(17)5-8-14(13)16/h3-9,18H,1-2H3. The highest BCUT2D eigenvalue weighted by atomic mass is 35.5. The summed E-state index contributed by atoms with van der Waals surface area (Å²) in [5.74, 6) is 0.248. The number of benzene rings is 2. The van der Waals surface area contributed by atoms with Gasteiger partial charge < -0.3 is 9.84 Å². The number of rotatable bonds is 3. The van der Waals surface area contributed by atoms with Gasteiger partial charge in [0.25, 0.3) is 0 Å². The fraction of sp³-hybridized carbons (Fsp3) is 0.200. The number of hydrogen-bond donors (Lipinski definition) is 1. The molecule has 0 aromatic heterocycles. The topological polar surface area (TPSA) is 29.5 Å². The fourth-order valence-corrected chi connectivity index (χ4v) is 2.24. The van der Waals surface area contributed by atoms with Crippen molar-refractivity contribution >= 4 is 11.6 Å². The third kappa shape index (κ3) is 2.72. The average molecular weight is 281 g/mol. The van der Waals surface area contributed by atoms with E-state index >= 15 is 0 Å². The van der Waals surface area contributed by atoms with Gasteiger partial charge in [-0.15, -0.1) is 0 Å². The van der Waals surface area contributed by atoms with E-state index in [2.05, 4.69) is 0 Å². The van der Waals surface area contributed by atoms with Crippen molar-refractivity contribution in [3.05, 3.63) is 64.4 Å². The normalized spacial score (nSPS) is 13.9. The van der Waals surface area contributed by atoms with E-state index in [1.807, 2.05) is 0 Å². The van der Waals surface area contributed by atoms with Gasteiger partial charge in [-0.05, 0) is 42.8 Å². The van der Waals surface area contributed by atoms with Crippen molar-refractivity contribution in [2.45, 2.75) is 12.5 Å². The summed E-state index contributed by atoms with van der Waals surface area (Å²) in [6.45, 7) is 1.58. The van der Waals surface area contributed by atoms with E-state index in [1.54, 1.807) is 38.3 Å². The van der Waals surface area contributed by atoms with Crippen LogP contribution in [0.4, 0.5) is 4.39 Å². The summed E-state index contributed by atoms with van der Waals surface area (Å²) in [7, 11) is 1.57. The Morgan fingerprint density at radius 2 is 1.79 bits per heavy atom. The summed E-state index contributed by atoms with van der Waals surface area (Å²) in [5.41, 5.74) is -0.425. The van der Waals surface area contributed by atoms with E-state index in [4.69, 9.17) is 16.3 Å². The molecule has 0 saturated heterocycles. The van der Waals surface area contributed by atoms with Crippen LogP contribution in [-0.2, 0) is 5.60 Å². The lowest BCUT2D eigenvalue weighted by molar-refractivity contribution is 0.102. The second kappa shape index (κ2) is 5.19. The lowest BCUT2D eigenvalue weighted by Gasteiger charge is -2.25. The summed E-state index contributed by atoms with van der Waals surface area (Å²) in [4.78, 5) is 0. The Balaban J connectivity index is 2.48. The highest BCUT2D eigenvalue weighted by Crippen LogP contribution is 2.34. The van der Waals surface area contributed by atoms with Gasteiger partial charge in [0, 0.05) is 10.6 Å². The molecule has 0 bridgehead atoms. The Bertz CT molecular complexity index is 579. The van der Waals surface area contributed by atoms with Gasteiger partial charge in [-0.25, -0.2) is 4.39 Å². The molecule has 0 aliphatic carbocycles. The summed E-state index contributed by atoms with van der Waals surface area (Å²) in [5, 5.41) is 11.0. The number of aliphatic hydroxyl groups is 1. The minimum atomic E-state index is -1.37. The van der Waals surface area contributed by atoms with Crippen molar-refractivity contribution in [2.75, 3.05) is 7.11 Å². The van der Waals surface area contributed by atoms with Gasteiger partial charge in [-0.3, -0.25) is 0 Å². The zero-order valence-electron chi connectivity index (χ0n) is 10.7. The summed E-state index contributed by atoms with van der Waals surface area (Å²) in [6.07, 6.45) is 0. The highest BCUT2D eigenvalue weighted by molar-refractivity contribution is 6.31. The Hall–Kier alpha value is -1.58. The molecule has 0 aliphatic rings. The van der Waals surface area contributed by atoms with Crippen LogP contribution in [-0.4, -0.2) is 12.2 Å². The molecule has 0 amide bonds. The minimum absolute atomic E-state index is 0.321. The van der Waals surface area contributed by atoms with Gasteiger partial charge >= 0.3 is 0 Å². The van der Waals surface area contributed by atoms with Gasteiger partial charge in [0.05, 0.1) is 7.11 Å². The third-order valence-electron chi connectivity index (χ3n) is 3.10. The van der Waals surface area contributed by atoms with Gasteiger partial charge in [0.15, 0.2) is 0 Å². The van der Waals surface area contributed by atoms with Crippen molar-refractivity contribution in [3.8, 4) is 5.75 Å². The maximum Gasteiger partial charge on any atom is 0.123 e. The molecule has 0 radical (unpaired) electrons. The maximum atomic E-state index is 13.3. The van der Waals surface area contributed by atoms with Crippen molar-refractivity contribution < 1.29 is 14.2 Å². The molecular weight excluding hydrogens is 267 g/mol. The Labute approximate surface area is 116 Å². The van der Waals surface area contributed by atoms with Gasteiger partial charge in [-0.1, -0.05) is 23.7 Å². The molecule has 2 nitrogen and oxygen atoms in total. The first kappa shape index (κ1) is 13.8. The second-order valence-corrected chi connectivity index (χ2v) is 4.83. The second-order valence-electron chi connectivity index (χ2n) is 4.42. The molecule has 1 N–H and O–H groups in total. The lowest BCUT2D eigenvalue weighted by atomic mass is 9.88. The predicted molar refractivity (Wildman–Crippen MR) is 73.1 cm³/mol. The van der Waals surface area contributed by atoms with Gasteiger partial charge in [-0.2, -0.15) is 0 Å². The summed E-state index contributed by atoms with van der Waals surface area (Å²) in [6, 6.07) is 10.8. The van der Waals surface area contributed by atoms with Crippen molar-refractivity contribution in [2.24, 2.45) is 0 Å². The van der Waals surface area contributed by atoms with Gasteiger partial charge in [0.2, 0.25) is 0 Å². The van der Waals surface area contributed by atoms with E-state index in [0.717, 1.165) is 0 Å². The molecule has 4 heteroatoms. The molecule has 2 aromatic carbocycles. The SMILES string of the molecule is COc1ccc(C(C)(O)c2cc(F)ccc2Cl)cc1. The first-order chi connectivity index (χ1) is 8.95. The molecule has 0 fully saturated rings. The third-order valence-corrected chi connectivity index (χ3v) is 3.43. The molecule has 19 heavy (non-hydrogen) atoms. The molecule has 0 aliphatic heterocycles. The maximum absolute atomic E-state index is 13.3. The highest BCUT2D eigenvalue weighted by Gasteiger charge is 2.28. The van der Waals surface area contributed by atoms with Crippen LogP contribution in [0.25, 0.3) is 0 Å². The Morgan fingerprint density at radius 1 is 1.16 bits per heavy atom. The van der Waals surface area contributed by atoms with Gasteiger partial charge in [0.1, 0.15) is 17.2 Å². The molecular formula is C15H14ClFO2. The van der Waals surface area contributed by atoms with E-state index < -0.39 is 11.4 Å². The van der Waals surface area contributed by atoms with Crippen LogP contribution in [0.15, 0.2) is 42.5 Å². The molecule has 1 atom stereocenters. The smallest absolute Gasteiger partial charge is 0.123 e. The Morgan fingerprint density at radius 3 is 2.37 bits per heavy atom. The number of hydrogen-bond acceptors (Lipinski definition) is 2. The van der Waals surface area contributed by atoms with Crippen LogP contribution in [0.2, 0.25) is 5.02 Å². The van der Waals surface area contributed by atoms with Crippen molar-refractivity contribution in [3.63, 3.8) is 0 Å². The quantitative estimate of drug-likeness (QED) is 0.928. The predicted octanol–water partition coefficient (Wildman–Crippen LogP) is 3.74. The Kier molecular flexibility index (Phi) is 3.78. The fourth-order valence-electron chi connectivity index (χ4n) is 1.94. The first-order valence-electron chi connectivity index (χ1n) is 5.77. The zero-order chi connectivity index (χ0) is 14.0. The van der Waals surface area contributed by atoms with E-state index in [9.17, 15) is 9.50 Å². The molecule has 1 unspecified atom stereocenters. The molecule has 0 saturated carbocycles. The molecule has 2 rings (SSSR count). The van der Waals surface area contributed by atoms with Crippen LogP contribution >= 0.6 is 11.6 Å². The van der Waals surface area contributed by atoms with Crippen LogP contribution in [0.1, 0.15) is 18.1 Å². The van der Waals surface area contributed by atoms with Crippen LogP contribution in [0.5, 0.6) is 5.75 Å². The largest absolute Gasteiger partial charge is 0.497 e. The van der Waals surface area contributed by atoms with Crippen molar-refractivity contribution in [1.29, 1.82) is 0 Å². The lowest BCUT2D eigenvalue weighted by Crippen LogP contribution is -2.23. The van der Waals surface area contributed by atoms with E-state index in [0.29, 0.717) is 21.9 Å². The molecule has 0 heterocycles. The number of methoxy groups -OCH3 is 1. The number of halogens is 2. The average Bonchev–Trinajstić information content (AvgIpc) is 2.41. The molecule has 100 valence electrons. The summed E-state index contributed by atoms with van der Waals surface area (Å²) >= 11 is 6.04. The van der Waals surface area contributed by atoms with Crippen LogP contribution in [0.3, 0.4) is 0 Å². The summed E-state index contributed by atoms with van der Waals surface area (Å²) < 4.78 is 18.4. The van der Waals surface area contributed by atoms with E-state index in [-0.39, 0.29) is 0 Å². The van der Waals surface area contributed by atoms with Crippen molar-refractivity contribution in [1.82, 2.24) is 0 Å². The first-order valence-corrected chi connectivity index (χ1v) is 6.15.